The molecule has 4 atom stereocenters. The minimum absolute atomic E-state index is 0.00309. The van der Waals surface area contributed by atoms with E-state index in [1.165, 1.54) is 17.4 Å². The predicted octanol–water partition coefficient (Wildman–Crippen LogP) is 0.179. The molecule has 2 aliphatic rings. The Labute approximate surface area is 185 Å². The molecule has 1 aromatic carbocycles. The third-order valence-corrected chi connectivity index (χ3v) is 8.01. The Hall–Kier alpha value is -1.60. The van der Waals surface area contributed by atoms with Gasteiger partial charge in [0, 0.05) is 36.6 Å². The Morgan fingerprint density at radius 2 is 1.97 bits per heavy atom. The summed E-state index contributed by atoms with van der Waals surface area (Å²) in [5.41, 5.74) is -0.612. The standard InChI is InChI=1S/C20H27N3O6S2/c24-14-9-22-31(27,28)18-4-2-1-3-17(18)29-13-20(7-15(25)16(26)8-20)12-23(10-14)11-19-21-5-6-30-19/h1-6,14-16,22,24-26H,7-13H2/t14-,15-,16+,20?/m0/s1. The number of hydrogen-bond acceptors (Lipinski definition) is 9. The monoisotopic (exact) mass is 469 g/mol. The maximum absolute atomic E-state index is 12.8. The van der Waals surface area contributed by atoms with Gasteiger partial charge in [0.2, 0.25) is 10.0 Å². The van der Waals surface area contributed by atoms with Gasteiger partial charge in [0.25, 0.3) is 0 Å². The van der Waals surface area contributed by atoms with E-state index in [0.29, 0.717) is 25.9 Å². The van der Waals surface area contributed by atoms with Crippen molar-refractivity contribution in [2.24, 2.45) is 5.41 Å². The fraction of sp³-hybridized carbons (Fsp3) is 0.550. The van der Waals surface area contributed by atoms with Crippen molar-refractivity contribution in [2.75, 3.05) is 26.2 Å². The highest BCUT2D eigenvalue weighted by Gasteiger charge is 2.46. The van der Waals surface area contributed by atoms with Gasteiger partial charge < -0.3 is 20.1 Å². The maximum atomic E-state index is 12.8. The van der Waals surface area contributed by atoms with Gasteiger partial charge in [-0.2, -0.15) is 0 Å². The van der Waals surface area contributed by atoms with Crippen LogP contribution in [0.25, 0.3) is 0 Å². The van der Waals surface area contributed by atoms with Crippen LogP contribution < -0.4 is 9.46 Å². The minimum Gasteiger partial charge on any atom is -0.492 e. The molecule has 2 heterocycles. The van der Waals surface area contributed by atoms with E-state index in [0.717, 1.165) is 5.01 Å². The third kappa shape index (κ3) is 5.25. The second-order valence-corrected chi connectivity index (χ2v) is 11.1. The van der Waals surface area contributed by atoms with Gasteiger partial charge in [-0.15, -0.1) is 11.3 Å². The zero-order valence-electron chi connectivity index (χ0n) is 16.9. The van der Waals surface area contributed by atoms with Crippen LogP contribution >= 0.6 is 11.3 Å². The highest BCUT2D eigenvalue weighted by molar-refractivity contribution is 7.89. The molecule has 0 amide bonds. The van der Waals surface area contributed by atoms with Gasteiger partial charge in [0.1, 0.15) is 15.7 Å². The van der Waals surface area contributed by atoms with E-state index < -0.39 is 33.8 Å². The Morgan fingerprint density at radius 1 is 1.23 bits per heavy atom. The normalized spacial score (nSPS) is 32.0. The number of sulfonamides is 1. The summed E-state index contributed by atoms with van der Waals surface area (Å²) < 4.78 is 34.1. The van der Waals surface area contributed by atoms with Gasteiger partial charge in [-0.25, -0.2) is 18.1 Å². The largest absolute Gasteiger partial charge is 0.492 e. The zero-order chi connectivity index (χ0) is 22.1. The zero-order valence-corrected chi connectivity index (χ0v) is 18.6. The first kappa shape index (κ1) is 22.6. The molecule has 1 fully saturated rings. The summed E-state index contributed by atoms with van der Waals surface area (Å²) in [5.74, 6) is 0.201. The molecule has 31 heavy (non-hydrogen) atoms. The Bertz CT molecular complexity index is 975. The first-order valence-corrected chi connectivity index (χ1v) is 12.5. The number of aromatic nitrogens is 1. The Balaban J connectivity index is 1.68. The van der Waals surface area contributed by atoms with Crippen molar-refractivity contribution in [3.05, 3.63) is 40.8 Å². The molecule has 0 bridgehead atoms. The average molecular weight is 470 g/mol. The van der Waals surface area contributed by atoms with Crippen molar-refractivity contribution in [1.29, 1.82) is 0 Å². The van der Waals surface area contributed by atoms with Crippen molar-refractivity contribution in [2.45, 2.75) is 42.6 Å². The number of benzene rings is 1. The van der Waals surface area contributed by atoms with E-state index >= 15 is 0 Å². The van der Waals surface area contributed by atoms with E-state index in [1.807, 2.05) is 10.3 Å². The number of hydrogen-bond donors (Lipinski definition) is 4. The van der Waals surface area contributed by atoms with Crippen LogP contribution in [-0.4, -0.2) is 78.2 Å². The van der Waals surface area contributed by atoms with Crippen LogP contribution in [0.5, 0.6) is 5.75 Å². The SMILES string of the molecule is O=S1(=O)NC[C@H](O)CN(Cc2nccs2)CC2(COc3ccccc31)C[C@@H](O)[C@@H](O)C2. The molecule has 11 heteroatoms. The summed E-state index contributed by atoms with van der Waals surface area (Å²) in [4.78, 5) is 6.30. The van der Waals surface area contributed by atoms with Crippen molar-refractivity contribution in [1.82, 2.24) is 14.6 Å². The number of thiazole rings is 1. The average Bonchev–Trinajstić information content (AvgIpc) is 3.32. The van der Waals surface area contributed by atoms with Crippen molar-refractivity contribution >= 4 is 21.4 Å². The van der Waals surface area contributed by atoms with E-state index in [-0.39, 0.29) is 30.3 Å². The fourth-order valence-corrected chi connectivity index (χ4v) is 6.26. The minimum atomic E-state index is -3.89. The second kappa shape index (κ2) is 9.10. The van der Waals surface area contributed by atoms with Gasteiger partial charge in [0.05, 0.1) is 31.5 Å². The van der Waals surface area contributed by atoms with Crippen LogP contribution in [0.1, 0.15) is 17.8 Å². The molecule has 0 saturated heterocycles. The second-order valence-electron chi connectivity index (χ2n) is 8.38. The number of β-amino-alcohol motifs (C(OH)–C–C–N with tert-alkyl or cyclic N) is 1. The molecule has 1 unspecified atom stereocenters. The fourth-order valence-electron chi connectivity index (χ4n) is 4.39. The molecule has 9 nitrogen and oxygen atoms in total. The van der Waals surface area contributed by atoms with Crippen LogP contribution in [0.15, 0.2) is 40.7 Å². The van der Waals surface area contributed by atoms with E-state index in [1.54, 1.807) is 24.4 Å². The molecule has 1 aromatic heterocycles. The number of rotatable bonds is 2. The molecule has 1 saturated carbocycles. The lowest BCUT2D eigenvalue weighted by Gasteiger charge is -2.36. The lowest BCUT2D eigenvalue weighted by atomic mass is 9.86. The van der Waals surface area contributed by atoms with E-state index in [4.69, 9.17) is 4.74 Å². The Morgan fingerprint density at radius 3 is 2.68 bits per heavy atom. The highest BCUT2D eigenvalue weighted by atomic mass is 32.2. The Kier molecular flexibility index (Phi) is 6.63. The summed E-state index contributed by atoms with van der Waals surface area (Å²) in [6.07, 6.45) is -0.388. The molecule has 0 radical (unpaired) electrons. The summed E-state index contributed by atoms with van der Waals surface area (Å²) in [7, 11) is -3.89. The number of aliphatic hydroxyl groups excluding tert-OH is 3. The van der Waals surface area contributed by atoms with Gasteiger partial charge >= 0.3 is 0 Å². The lowest BCUT2D eigenvalue weighted by molar-refractivity contribution is 0.0427. The maximum Gasteiger partial charge on any atom is 0.244 e. The highest BCUT2D eigenvalue weighted by Crippen LogP contribution is 2.41. The lowest BCUT2D eigenvalue weighted by Crippen LogP contribution is -2.46. The molecule has 1 spiro atoms. The molecular weight excluding hydrogens is 442 g/mol. The summed E-state index contributed by atoms with van der Waals surface area (Å²) >= 11 is 1.49. The molecule has 2 aromatic rings. The molecular formula is C20H27N3O6S2. The number of ether oxygens (including phenoxy) is 1. The first-order chi connectivity index (χ1) is 14.8. The quantitative estimate of drug-likeness (QED) is 0.490. The van der Waals surface area contributed by atoms with E-state index in [2.05, 4.69) is 9.71 Å². The summed E-state index contributed by atoms with van der Waals surface area (Å²) in [5, 5.41) is 33.9. The van der Waals surface area contributed by atoms with Gasteiger partial charge in [-0.3, -0.25) is 4.90 Å². The number of aliphatic hydroxyl groups is 3. The predicted molar refractivity (Wildman–Crippen MR) is 114 cm³/mol. The van der Waals surface area contributed by atoms with Gasteiger partial charge in [-0.05, 0) is 25.0 Å². The molecule has 4 rings (SSSR count). The van der Waals surface area contributed by atoms with Gasteiger partial charge in [-0.1, -0.05) is 12.1 Å². The molecule has 1 aliphatic heterocycles. The van der Waals surface area contributed by atoms with Crippen molar-refractivity contribution in [3.8, 4) is 5.75 Å². The molecule has 170 valence electrons. The molecule has 4 N–H and O–H groups in total. The number of para-hydroxylation sites is 1. The first-order valence-electron chi connectivity index (χ1n) is 10.1. The van der Waals surface area contributed by atoms with Crippen molar-refractivity contribution < 1.29 is 28.5 Å². The van der Waals surface area contributed by atoms with Crippen LogP contribution in [0.2, 0.25) is 0 Å². The van der Waals surface area contributed by atoms with Crippen LogP contribution in [0, 0.1) is 5.41 Å². The van der Waals surface area contributed by atoms with Crippen LogP contribution in [-0.2, 0) is 16.6 Å². The number of nitrogens with one attached hydrogen (secondary N) is 1. The smallest absolute Gasteiger partial charge is 0.244 e. The third-order valence-electron chi connectivity index (χ3n) is 5.78. The molecule has 1 aliphatic carbocycles. The summed E-state index contributed by atoms with van der Waals surface area (Å²) in [6, 6.07) is 6.34. The van der Waals surface area contributed by atoms with E-state index in [9.17, 15) is 23.7 Å². The van der Waals surface area contributed by atoms with Crippen molar-refractivity contribution in [3.63, 3.8) is 0 Å². The van der Waals surface area contributed by atoms with Crippen LogP contribution in [0.4, 0.5) is 0 Å². The van der Waals surface area contributed by atoms with Crippen LogP contribution in [0.3, 0.4) is 0 Å². The topological polar surface area (TPSA) is 132 Å². The number of fused-ring (bicyclic) bond motifs is 1. The summed E-state index contributed by atoms with van der Waals surface area (Å²) in [6.45, 7) is 1.10. The van der Waals surface area contributed by atoms with Gasteiger partial charge in [0.15, 0.2) is 0 Å². The number of nitrogens with zero attached hydrogens (tertiary/aromatic N) is 2.